The molecule has 122 valence electrons. The minimum absolute atomic E-state index is 0.397. The van der Waals surface area contributed by atoms with Crippen LogP contribution in [0.1, 0.15) is 24.0 Å². The highest BCUT2D eigenvalue weighted by atomic mass is 79.9. The first-order valence-electron chi connectivity index (χ1n) is 7.63. The Bertz CT molecular complexity index is 689. The van der Waals surface area contributed by atoms with Crippen molar-refractivity contribution in [2.24, 2.45) is 0 Å². The molecule has 0 aliphatic heterocycles. The van der Waals surface area contributed by atoms with E-state index in [-0.39, 0.29) is 0 Å². The normalized spacial score (nSPS) is 13.9. The number of hydrogen-bond donors (Lipinski definition) is 1. The van der Waals surface area contributed by atoms with Gasteiger partial charge in [0.15, 0.2) is 11.5 Å². The first-order chi connectivity index (χ1) is 11.2. The van der Waals surface area contributed by atoms with Crippen LogP contribution in [0.15, 0.2) is 40.9 Å². The Morgan fingerprint density at radius 3 is 2.74 bits per heavy atom. The molecule has 0 atom stereocenters. The van der Waals surface area contributed by atoms with E-state index in [1.54, 1.807) is 7.11 Å². The van der Waals surface area contributed by atoms with Gasteiger partial charge in [-0.1, -0.05) is 29.8 Å². The van der Waals surface area contributed by atoms with Crippen molar-refractivity contribution in [1.82, 2.24) is 5.32 Å². The molecule has 0 bridgehead atoms. The summed E-state index contributed by atoms with van der Waals surface area (Å²) < 4.78 is 12.3. The predicted molar refractivity (Wildman–Crippen MR) is 96.3 cm³/mol. The van der Waals surface area contributed by atoms with Gasteiger partial charge >= 0.3 is 0 Å². The predicted octanol–water partition coefficient (Wildman–Crippen LogP) is 4.94. The third-order valence-corrected chi connectivity index (χ3v) is 4.75. The summed E-state index contributed by atoms with van der Waals surface area (Å²) in [5.74, 6) is 1.42. The maximum Gasteiger partial charge on any atom is 0.175 e. The van der Waals surface area contributed by atoms with Gasteiger partial charge < -0.3 is 14.8 Å². The molecule has 2 aromatic rings. The van der Waals surface area contributed by atoms with Crippen LogP contribution in [0.4, 0.5) is 0 Å². The van der Waals surface area contributed by atoms with Gasteiger partial charge in [0.05, 0.1) is 11.6 Å². The van der Waals surface area contributed by atoms with Crippen LogP contribution < -0.4 is 14.8 Å². The highest BCUT2D eigenvalue weighted by molar-refractivity contribution is 9.10. The molecule has 1 aliphatic rings. The van der Waals surface area contributed by atoms with E-state index in [2.05, 4.69) is 27.3 Å². The maximum atomic E-state index is 6.17. The lowest BCUT2D eigenvalue weighted by molar-refractivity contribution is 0.282. The third-order valence-electron chi connectivity index (χ3n) is 3.79. The molecule has 2 aromatic carbocycles. The van der Waals surface area contributed by atoms with Crippen LogP contribution in [-0.4, -0.2) is 13.2 Å². The van der Waals surface area contributed by atoms with Crippen LogP contribution in [-0.2, 0) is 13.2 Å². The summed E-state index contributed by atoms with van der Waals surface area (Å²) in [6.45, 7) is 1.23. The maximum absolute atomic E-state index is 6.17. The number of benzene rings is 2. The molecule has 0 unspecified atom stereocenters. The number of rotatable bonds is 7. The number of nitrogens with one attached hydrogen (secondary N) is 1. The van der Waals surface area contributed by atoms with Crippen LogP contribution in [0.5, 0.6) is 11.5 Å². The largest absolute Gasteiger partial charge is 0.493 e. The van der Waals surface area contributed by atoms with Crippen molar-refractivity contribution >= 4 is 27.5 Å². The summed E-state index contributed by atoms with van der Waals surface area (Å²) in [5, 5.41) is 4.20. The average Bonchev–Trinajstić information content (AvgIpc) is 3.37. The summed E-state index contributed by atoms with van der Waals surface area (Å²) >= 11 is 9.76. The van der Waals surface area contributed by atoms with E-state index in [0.29, 0.717) is 23.4 Å². The van der Waals surface area contributed by atoms with Crippen molar-refractivity contribution in [1.29, 1.82) is 0 Å². The summed E-state index contributed by atoms with van der Waals surface area (Å²) in [4.78, 5) is 0. The molecule has 1 N–H and O–H groups in total. The topological polar surface area (TPSA) is 30.5 Å². The standard InChI is InChI=1S/C18H19BrClNO2/c1-22-17-9-12(10-21-14-6-7-14)8-15(19)18(17)23-11-13-4-2-3-5-16(13)20/h2-5,8-9,14,21H,6-7,10-11H2,1H3. The zero-order valence-corrected chi connectivity index (χ0v) is 15.3. The Morgan fingerprint density at radius 2 is 2.04 bits per heavy atom. The molecule has 0 aromatic heterocycles. The summed E-state index contributed by atoms with van der Waals surface area (Å²) in [6, 6.07) is 12.4. The van der Waals surface area contributed by atoms with Crippen LogP contribution in [0.3, 0.4) is 0 Å². The molecular formula is C18H19BrClNO2. The number of hydrogen-bond acceptors (Lipinski definition) is 3. The second-order valence-corrected chi connectivity index (χ2v) is 6.91. The average molecular weight is 397 g/mol. The lowest BCUT2D eigenvalue weighted by atomic mass is 10.2. The smallest absolute Gasteiger partial charge is 0.175 e. The fourth-order valence-electron chi connectivity index (χ4n) is 2.33. The summed E-state index contributed by atoms with van der Waals surface area (Å²) in [7, 11) is 1.65. The summed E-state index contributed by atoms with van der Waals surface area (Å²) in [5.41, 5.74) is 2.12. The minimum Gasteiger partial charge on any atom is -0.493 e. The van der Waals surface area contributed by atoms with Gasteiger partial charge in [-0.25, -0.2) is 0 Å². The van der Waals surface area contributed by atoms with E-state index >= 15 is 0 Å². The fraction of sp³-hybridized carbons (Fsp3) is 0.333. The molecule has 0 heterocycles. The fourth-order valence-corrected chi connectivity index (χ4v) is 3.12. The monoisotopic (exact) mass is 395 g/mol. The second kappa shape index (κ2) is 7.56. The van der Waals surface area contributed by atoms with Crippen molar-refractivity contribution in [3.05, 3.63) is 57.0 Å². The number of methoxy groups -OCH3 is 1. The van der Waals surface area contributed by atoms with Gasteiger partial charge in [0, 0.05) is 23.2 Å². The first-order valence-corrected chi connectivity index (χ1v) is 8.80. The highest BCUT2D eigenvalue weighted by Gasteiger charge is 2.20. The molecule has 3 rings (SSSR count). The van der Waals surface area contributed by atoms with Gasteiger partial charge in [-0.2, -0.15) is 0 Å². The van der Waals surface area contributed by atoms with Gasteiger partial charge in [0.25, 0.3) is 0 Å². The molecule has 3 nitrogen and oxygen atoms in total. The molecule has 1 fully saturated rings. The van der Waals surface area contributed by atoms with E-state index in [1.165, 1.54) is 18.4 Å². The van der Waals surface area contributed by atoms with Crippen molar-refractivity contribution in [3.8, 4) is 11.5 Å². The molecule has 0 radical (unpaired) electrons. The van der Waals surface area contributed by atoms with Gasteiger partial charge in [-0.3, -0.25) is 0 Å². The molecule has 23 heavy (non-hydrogen) atoms. The molecule has 0 amide bonds. The molecule has 1 saturated carbocycles. The summed E-state index contributed by atoms with van der Waals surface area (Å²) in [6.07, 6.45) is 2.55. The second-order valence-electron chi connectivity index (χ2n) is 5.64. The van der Waals surface area contributed by atoms with E-state index in [4.69, 9.17) is 21.1 Å². The van der Waals surface area contributed by atoms with Crippen molar-refractivity contribution in [2.45, 2.75) is 32.0 Å². The third kappa shape index (κ3) is 4.40. The van der Waals surface area contributed by atoms with E-state index in [1.807, 2.05) is 30.3 Å². The Labute approximate surface area is 150 Å². The molecule has 0 spiro atoms. The van der Waals surface area contributed by atoms with Gasteiger partial charge in [0.1, 0.15) is 6.61 Å². The minimum atomic E-state index is 0.397. The van der Waals surface area contributed by atoms with Gasteiger partial charge in [-0.15, -0.1) is 0 Å². The number of ether oxygens (including phenoxy) is 2. The Balaban J connectivity index is 1.73. The van der Waals surface area contributed by atoms with Crippen molar-refractivity contribution < 1.29 is 9.47 Å². The van der Waals surface area contributed by atoms with Gasteiger partial charge in [-0.05, 0) is 52.5 Å². The SMILES string of the molecule is COc1cc(CNC2CC2)cc(Br)c1OCc1ccccc1Cl. The van der Waals surface area contributed by atoms with E-state index in [9.17, 15) is 0 Å². The van der Waals surface area contributed by atoms with Crippen molar-refractivity contribution in [2.75, 3.05) is 7.11 Å². The number of halogens is 2. The highest BCUT2D eigenvalue weighted by Crippen LogP contribution is 2.37. The molecular weight excluding hydrogens is 378 g/mol. The van der Waals surface area contributed by atoms with E-state index in [0.717, 1.165) is 22.3 Å². The van der Waals surface area contributed by atoms with Crippen LogP contribution in [0.2, 0.25) is 5.02 Å². The van der Waals surface area contributed by atoms with Crippen LogP contribution >= 0.6 is 27.5 Å². The molecule has 1 aliphatic carbocycles. The van der Waals surface area contributed by atoms with Crippen molar-refractivity contribution in [3.63, 3.8) is 0 Å². The Kier molecular flexibility index (Phi) is 5.46. The quantitative estimate of drug-likeness (QED) is 0.719. The zero-order valence-electron chi connectivity index (χ0n) is 12.9. The Morgan fingerprint density at radius 1 is 1.26 bits per heavy atom. The lowest BCUT2D eigenvalue weighted by Crippen LogP contribution is -2.15. The first kappa shape index (κ1) is 16.6. The van der Waals surface area contributed by atoms with E-state index < -0.39 is 0 Å². The molecule has 5 heteroatoms. The van der Waals surface area contributed by atoms with Gasteiger partial charge in [0.2, 0.25) is 0 Å². The molecule has 0 saturated heterocycles. The van der Waals surface area contributed by atoms with Crippen LogP contribution in [0.25, 0.3) is 0 Å². The zero-order chi connectivity index (χ0) is 16.2. The Hall–Kier alpha value is -1.23. The van der Waals surface area contributed by atoms with Crippen LogP contribution in [0, 0.1) is 0 Å². The lowest BCUT2D eigenvalue weighted by Gasteiger charge is -2.15.